The predicted molar refractivity (Wildman–Crippen MR) is 68.9 cm³/mol. The normalized spacial score (nSPS) is 13.2. The van der Waals surface area contributed by atoms with Crippen LogP contribution in [0.4, 0.5) is 0 Å². The van der Waals surface area contributed by atoms with E-state index in [2.05, 4.69) is 45.8 Å². The smallest absolute Gasteiger partial charge is 0.149 e. The van der Waals surface area contributed by atoms with Gasteiger partial charge in [-0.15, -0.1) is 10.2 Å². The molecule has 2 aromatic rings. The first kappa shape index (κ1) is 12.8. The first-order chi connectivity index (χ1) is 8.59. The van der Waals surface area contributed by atoms with Crippen LogP contribution in [0, 0.1) is 0 Å². The van der Waals surface area contributed by atoms with Crippen LogP contribution < -0.4 is 5.32 Å². The second kappa shape index (κ2) is 5.30. The van der Waals surface area contributed by atoms with Crippen molar-refractivity contribution in [1.29, 1.82) is 0 Å². The number of nitrogens with one attached hydrogen (secondary N) is 1. The first-order valence-corrected chi connectivity index (χ1v) is 6.17. The fourth-order valence-electron chi connectivity index (χ4n) is 1.97. The van der Waals surface area contributed by atoms with Gasteiger partial charge in [-0.05, 0) is 20.8 Å². The van der Waals surface area contributed by atoms with Gasteiger partial charge in [-0.3, -0.25) is 0 Å². The molecule has 0 spiro atoms. The summed E-state index contributed by atoms with van der Waals surface area (Å²) in [6.45, 7) is 7.15. The van der Waals surface area contributed by atoms with Gasteiger partial charge in [0.2, 0.25) is 0 Å². The fourth-order valence-corrected chi connectivity index (χ4v) is 1.97. The van der Waals surface area contributed by atoms with E-state index >= 15 is 0 Å². The topological polar surface area (TPSA) is 60.6 Å². The van der Waals surface area contributed by atoms with Gasteiger partial charge in [0.05, 0.1) is 18.1 Å². The van der Waals surface area contributed by atoms with Crippen molar-refractivity contribution in [2.75, 3.05) is 0 Å². The van der Waals surface area contributed by atoms with Crippen LogP contribution in [0.2, 0.25) is 0 Å². The van der Waals surface area contributed by atoms with Gasteiger partial charge in [-0.1, -0.05) is 0 Å². The summed E-state index contributed by atoms with van der Waals surface area (Å²) in [6.07, 6.45) is 5.48. The van der Waals surface area contributed by atoms with Crippen LogP contribution in [0.1, 0.15) is 44.4 Å². The summed E-state index contributed by atoms with van der Waals surface area (Å²) >= 11 is 0. The van der Waals surface area contributed by atoms with E-state index in [1.54, 1.807) is 6.33 Å². The number of hydrogen-bond acceptors (Lipinski definition) is 4. The van der Waals surface area contributed by atoms with Crippen LogP contribution >= 0.6 is 0 Å². The van der Waals surface area contributed by atoms with E-state index in [1.165, 1.54) is 5.69 Å². The number of rotatable bonds is 5. The van der Waals surface area contributed by atoms with E-state index < -0.39 is 0 Å². The Morgan fingerprint density at radius 2 is 2.06 bits per heavy atom. The fraction of sp³-hybridized carbons (Fsp3) is 0.583. The zero-order valence-corrected chi connectivity index (χ0v) is 11.3. The average Bonchev–Trinajstić information content (AvgIpc) is 2.94. The van der Waals surface area contributed by atoms with Crippen LogP contribution in [0.5, 0.6) is 0 Å². The third-order valence-electron chi connectivity index (χ3n) is 3.03. The number of nitrogens with zero attached hydrogens (tertiary/aromatic N) is 5. The number of aryl methyl sites for hydroxylation is 1. The highest BCUT2D eigenvalue weighted by Crippen LogP contribution is 2.11. The molecule has 98 valence electrons. The zero-order chi connectivity index (χ0) is 13.1. The van der Waals surface area contributed by atoms with Gasteiger partial charge in [0.15, 0.2) is 0 Å². The predicted octanol–water partition coefficient (Wildman–Crippen LogP) is 1.44. The first-order valence-electron chi connectivity index (χ1n) is 6.17. The maximum Gasteiger partial charge on any atom is 0.149 e. The van der Waals surface area contributed by atoms with Crippen LogP contribution in [0.15, 0.2) is 18.9 Å². The molecule has 0 aliphatic rings. The lowest BCUT2D eigenvalue weighted by Crippen LogP contribution is -2.22. The van der Waals surface area contributed by atoms with Gasteiger partial charge in [0.25, 0.3) is 0 Å². The van der Waals surface area contributed by atoms with Crippen LogP contribution in [0.3, 0.4) is 0 Å². The van der Waals surface area contributed by atoms with Gasteiger partial charge in [0, 0.05) is 25.8 Å². The van der Waals surface area contributed by atoms with E-state index in [1.807, 2.05) is 24.1 Å². The summed E-state index contributed by atoms with van der Waals surface area (Å²) in [4.78, 5) is 4.19. The number of imidazole rings is 1. The molecule has 6 heteroatoms. The van der Waals surface area contributed by atoms with Crippen molar-refractivity contribution in [3.05, 3.63) is 30.4 Å². The highest BCUT2D eigenvalue weighted by atomic mass is 15.3. The summed E-state index contributed by atoms with van der Waals surface area (Å²) in [5.41, 5.74) is 1.18. The Bertz CT molecular complexity index is 498. The Morgan fingerprint density at radius 3 is 2.67 bits per heavy atom. The molecule has 0 aliphatic heterocycles. The minimum atomic E-state index is 0.160. The molecule has 0 saturated carbocycles. The number of aromatic nitrogens is 5. The second-order valence-corrected chi connectivity index (χ2v) is 4.79. The maximum atomic E-state index is 4.19. The van der Waals surface area contributed by atoms with Gasteiger partial charge in [-0.2, -0.15) is 0 Å². The second-order valence-electron chi connectivity index (χ2n) is 4.79. The monoisotopic (exact) mass is 248 g/mol. The quantitative estimate of drug-likeness (QED) is 0.870. The molecule has 0 amide bonds. The van der Waals surface area contributed by atoms with Crippen molar-refractivity contribution in [3.8, 4) is 0 Å². The lowest BCUT2D eigenvalue weighted by Gasteiger charge is -2.15. The molecule has 0 radical (unpaired) electrons. The molecule has 2 rings (SSSR count). The van der Waals surface area contributed by atoms with E-state index in [0.29, 0.717) is 6.04 Å². The Labute approximate surface area is 107 Å². The lowest BCUT2D eigenvalue weighted by molar-refractivity contribution is 0.495. The summed E-state index contributed by atoms with van der Waals surface area (Å²) in [7, 11) is 1.95. The van der Waals surface area contributed by atoms with E-state index in [0.717, 1.165) is 12.4 Å². The summed E-state index contributed by atoms with van der Waals surface area (Å²) in [5.74, 6) is 0.936. The molecule has 1 unspecified atom stereocenters. The molecule has 1 N–H and O–H groups in total. The highest BCUT2D eigenvalue weighted by molar-refractivity contribution is 5.01. The molecule has 6 nitrogen and oxygen atoms in total. The molecular weight excluding hydrogens is 228 g/mol. The lowest BCUT2D eigenvalue weighted by atomic mass is 10.3. The minimum Gasteiger partial charge on any atom is -0.331 e. The molecule has 0 aliphatic carbocycles. The van der Waals surface area contributed by atoms with Gasteiger partial charge in [0.1, 0.15) is 12.2 Å². The SMILES string of the molecule is CC(NCc1cncn1C(C)C)c1nncn1C. The molecule has 0 bridgehead atoms. The number of hydrogen-bond donors (Lipinski definition) is 1. The summed E-state index contributed by atoms with van der Waals surface area (Å²) < 4.78 is 4.09. The largest absolute Gasteiger partial charge is 0.331 e. The Balaban J connectivity index is 1.99. The molecule has 18 heavy (non-hydrogen) atoms. The van der Waals surface area contributed by atoms with Crippen molar-refractivity contribution in [3.63, 3.8) is 0 Å². The molecule has 0 aromatic carbocycles. The molecular formula is C12H20N6. The zero-order valence-electron chi connectivity index (χ0n) is 11.3. The molecule has 1 atom stereocenters. The van der Waals surface area contributed by atoms with Crippen molar-refractivity contribution in [2.24, 2.45) is 7.05 Å². The Hall–Kier alpha value is -1.69. The maximum absolute atomic E-state index is 4.19. The molecule has 2 heterocycles. The van der Waals surface area contributed by atoms with Gasteiger partial charge >= 0.3 is 0 Å². The van der Waals surface area contributed by atoms with Crippen molar-refractivity contribution < 1.29 is 0 Å². The van der Waals surface area contributed by atoms with Crippen LogP contribution in [-0.2, 0) is 13.6 Å². The Kier molecular flexibility index (Phi) is 3.76. The average molecular weight is 248 g/mol. The van der Waals surface area contributed by atoms with Crippen LogP contribution in [-0.4, -0.2) is 24.3 Å². The molecule has 2 aromatic heterocycles. The van der Waals surface area contributed by atoms with Gasteiger partial charge in [-0.25, -0.2) is 4.98 Å². The molecule has 0 fully saturated rings. The van der Waals surface area contributed by atoms with Gasteiger partial charge < -0.3 is 14.5 Å². The van der Waals surface area contributed by atoms with E-state index in [-0.39, 0.29) is 6.04 Å². The van der Waals surface area contributed by atoms with E-state index in [4.69, 9.17) is 0 Å². The van der Waals surface area contributed by atoms with Crippen molar-refractivity contribution >= 4 is 0 Å². The van der Waals surface area contributed by atoms with Crippen molar-refractivity contribution in [1.82, 2.24) is 29.6 Å². The third kappa shape index (κ3) is 2.59. The highest BCUT2D eigenvalue weighted by Gasteiger charge is 2.12. The standard InChI is InChI=1S/C12H20N6/c1-9(2)18-7-13-5-11(18)6-14-10(3)12-16-15-8-17(12)4/h5,7-10,14H,6H2,1-4H3. The van der Waals surface area contributed by atoms with Crippen molar-refractivity contribution in [2.45, 2.75) is 39.4 Å². The Morgan fingerprint density at radius 1 is 1.28 bits per heavy atom. The van der Waals surface area contributed by atoms with Crippen LogP contribution in [0.25, 0.3) is 0 Å². The third-order valence-corrected chi connectivity index (χ3v) is 3.03. The minimum absolute atomic E-state index is 0.160. The summed E-state index contributed by atoms with van der Waals surface area (Å²) in [5, 5.41) is 11.4. The molecule has 0 saturated heterocycles. The van der Waals surface area contributed by atoms with E-state index in [9.17, 15) is 0 Å². The summed E-state index contributed by atoms with van der Waals surface area (Å²) in [6, 6.07) is 0.586.